The fourth-order valence-corrected chi connectivity index (χ4v) is 9.82. The fourth-order valence-electron chi connectivity index (χ4n) is 9.82. The minimum atomic E-state index is -0.403. The molecule has 0 spiro atoms. The van der Waals surface area contributed by atoms with E-state index in [1.165, 1.54) is 52.0 Å². The highest BCUT2D eigenvalue weighted by Crippen LogP contribution is 2.67. The van der Waals surface area contributed by atoms with Gasteiger partial charge >= 0.3 is 17.9 Å². The molecule has 0 aromatic heterocycles. The quantitative estimate of drug-likeness (QED) is 0.183. The molecule has 0 aliphatic heterocycles. The first-order valence-electron chi connectivity index (χ1n) is 15.4. The lowest BCUT2D eigenvalue weighted by atomic mass is 9.46. The summed E-state index contributed by atoms with van der Waals surface area (Å²) in [5.74, 6) is 2.39. The number of hydrogen-bond acceptors (Lipinski definition) is 6. The topological polar surface area (TPSA) is 78.9 Å². The summed E-state index contributed by atoms with van der Waals surface area (Å²) in [6.07, 6.45) is 12.4. The number of allylic oxidation sites excluding steroid dienone is 1. The van der Waals surface area contributed by atoms with Crippen molar-refractivity contribution in [3.63, 3.8) is 0 Å². The van der Waals surface area contributed by atoms with Crippen LogP contribution in [-0.2, 0) is 28.6 Å². The van der Waals surface area contributed by atoms with E-state index in [4.69, 9.17) is 14.2 Å². The molecule has 0 heterocycles. The Balaban J connectivity index is 1.49. The summed E-state index contributed by atoms with van der Waals surface area (Å²) >= 11 is 0. The second-order valence-electron chi connectivity index (χ2n) is 14.3. The van der Waals surface area contributed by atoms with Gasteiger partial charge in [0.25, 0.3) is 0 Å². The molecule has 0 unspecified atom stereocenters. The van der Waals surface area contributed by atoms with Crippen molar-refractivity contribution in [2.75, 3.05) is 0 Å². The summed E-state index contributed by atoms with van der Waals surface area (Å²) in [5.41, 5.74) is 1.06. The molecule has 0 saturated heterocycles. The Morgan fingerprint density at radius 1 is 1.00 bits per heavy atom. The largest absolute Gasteiger partial charge is 0.462 e. The SMILES string of the molecule is CC(=O)O[C@@H]1CC2=CC[C@H]3[C@@H]4CC[C@H]([C@H](C)CCCC(C)(C)OC(C)=O)[C@@]4(C)CC[C@@H]3[C@@]2(C)[C@@H](OC(C)=O)C1. The first kappa shape index (κ1) is 30.1. The zero-order chi connectivity index (χ0) is 28.8. The molecule has 220 valence electrons. The molecule has 3 saturated carbocycles. The van der Waals surface area contributed by atoms with Crippen LogP contribution in [0.5, 0.6) is 0 Å². The highest BCUT2D eigenvalue weighted by Gasteiger charge is 2.62. The maximum atomic E-state index is 12.2. The van der Waals surface area contributed by atoms with Gasteiger partial charge in [0.05, 0.1) is 0 Å². The Morgan fingerprint density at radius 2 is 1.69 bits per heavy atom. The molecule has 0 N–H and O–H groups in total. The average molecular weight is 545 g/mol. The Hall–Kier alpha value is -1.85. The summed E-state index contributed by atoms with van der Waals surface area (Å²) in [7, 11) is 0. The number of fused-ring (bicyclic) bond motifs is 5. The fraction of sp³-hybridized carbons (Fsp3) is 0.848. The molecule has 6 heteroatoms. The van der Waals surface area contributed by atoms with Gasteiger partial charge in [-0.1, -0.05) is 38.8 Å². The van der Waals surface area contributed by atoms with Crippen molar-refractivity contribution in [3.05, 3.63) is 11.6 Å². The minimum absolute atomic E-state index is 0.196. The Labute approximate surface area is 236 Å². The van der Waals surface area contributed by atoms with Crippen molar-refractivity contribution >= 4 is 17.9 Å². The summed E-state index contributed by atoms with van der Waals surface area (Å²) in [5, 5.41) is 0. The van der Waals surface area contributed by atoms with Crippen LogP contribution >= 0.6 is 0 Å². The van der Waals surface area contributed by atoms with Crippen LogP contribution in [0.1, 0.15) is 120 Å². The lowest BCUT2D eigenvalue weighted by Gasteiger charge is -2.60. The van der Waals surface area contributed by atoms with Crippen LogP contribution in [0, 0.1) is 40.4 Å². The van der Waals surface area contributed by atoms with Crippen LogP contribution in [0.2, 0.25) is 0 Å². The zero-order valence-electron chi connectivity index (χ0n) is 25.6. The second kappa shape index (κ2) is 11.2. The van der Waals surface area contributed by atoms with Gasteiger partial charge in [0.15, 0.2) is 0 Å². The van der Waals surface area contributed by atoms with Crippen molar-refractivity contribution in [2.45, 2.75) is 137 Å². The summed E-state index contributed by atoms with van der Waals surface area (Å²) in [4.78, 5) is 35.4. The van der Waals surface area contributed by atoms with E-state index in [-0.39, 0.29) is 35.5 Å². The highest BCUT2D eigenvalue weighted by atomic mass is 16.6. The predicted molar refractivity (Wildman–Crippen MR) is 151 cm³/mol. The maximum absolute atomic E-state index is 12.2. The normalized spacial score (nSPS) is 38.4. The molecule has 0 aromatic carbocycles. The van der Waals surface area contributed by atoms with Gasteiger partial charge in [-0.3, -0.25) is 14.4 Å². The molecular weight excluding hydrogens is 492 g/mol. The molecule has 3 fully saturated rings. The molecule has 0 amide bonds. The molecule has 0 radical (unpaired) electrons. The predicted octanol–water partition coefficient (Wildman–Crippen LogP) is 7.19. The summed E-state index contributed by atoms with van der Waals surface area (Å²) in [6.45, 7) is 15.8. The maximum Gasteiger partial charge on any atom is 0.303 e. The molecule has 9 atom stereocenters. The second-order valence-corrected chi connectivity index (χ2v) is 14.3. The van der Waals surface area contributed by atoms with E-state index >= 15 is 0 Å². The van der Waals surface area contributed by atoms with Crippen molar-refractivity contribution in [1.82, 2.24) is 0 Å². The number of esters is 3. The van der Waals surface area contributed by atoms with Gasteiger partial charge in [0.1, 0.15) is 17.8 Å². The van der Waals surface area contributed by atoms with Gasteiger partial charge in [-0.05, 0) is 93.8 Å². The Morgan fingerprint density at radius 3 is 2.33 bits per heavy atom. The Bertz CT molecular complexity index is 983. The van der Waals surface area contributed by atoms with Gasteiger partial charge in [0.2, 0.25) is 0 Å². The van der Waals surface area contributed by atoms with Crippen LogP contribution < -0.4 is 0 Å². The van der Waals surface area contributed by atoms with Gasteiger partial charge in [0, 0.05) is 39.0 Å². The van der Waals surface area contributed by atoms with E-state index in [9.17, 15) is 14.4 Å². The van der Waals surface area contributed by atoms with Gasteiger partial charge in [-0.25, -0.2) is 0 Å². The van der Waals surface area contributed by atoms with E-state index in [0.717, 1.165) is 32.1 Å². The molecule has 6 nitrogen and oxygen atoms in total. The van der Waals surface area contributed by atoms with Crippen molar-refractivity contribution in [2.24, 2.45) is 40.4 Å². The zero-order valence-corrected chi connectivity index (χ0v) is 25.6. The number of carbonyl (C=O) groups is 3. The molecule has 0 aromatic rings. The summed E-state index contributed by atoms with van der Waals surface area (Å²) in [6, 6.07) is 0. The van der Waals surface area contributed by atoms with Crippen LogP contribution in [0.3, 0.4) is 0 Å². The monoisotopic (exact) mass is 544 g/mol. The van der Waals surface area contributed by atoms with E-state index < -0.39 is 5.60 Å². The molecule has 0 bridgehead atoms. The minimum Gasteiger partial charge on any atom is -0.462 e. The first-order valence-corrected chi connectivity index (χ1v) is 15.4. The number of hydrogen-bond donors (Lipinski definition) is 0. The van der Waals surface area contributed by atoms with Crippen molar-refractivity contribution in [1.29, 1.82) is 0 Å². The lowest BCUT2D eigenvalue weighted by molar-refractivity contribution is -0.172. The molecule has 4 aliphatic carbocycles. The standard InChI is InChI=1S/C33H52O6/c1-20(10-9-16-31(5,6)39-23(4)36)27-13-14-28-26-12-11-24-18-25(37-21(2)34)19-30(38-22(3)35)33(24,8)29(26)15-17-32(27,28)7/h11,20,25-30H,9-10,12-19H2,1-8H3/t20-,25-,26+,27-,28+,29+,30+,32-,33+/m1/s1. The number of carbonyl (C=O) groups excluding carboxylic acids is 3. The van der Waals surface area contributed by atoms with E-state index in [1.807, 2.05) is 13.8 Å². The first-order chi connectivity index (χ1) is 18.2. The van der Waals surface area contributed by atoms with E-state index in [1.54, 1.807) is 0 Å². The van der Waals surface area contributed by atoms with Crippen LogP contribution in [-0.4, -0.2) is 35.7 Å². The molecule has 4 rings (SSSR count). The van der Waals surface area contributed by atoms with Crippen molar-refractivity contribution in [3.8, 4) is 0 Å². The third kappa shape index (κ3) is 5.95. The van der Waals surface area contributed by atoms with Crippen molar-refractivity contribution < 1.29 is 28.6 Å². The van der Waals surface area contributed by atoms with E-state index in [0.29, 0.717) is 41.4 Å². The lowest BCUT2D eigenvalue weighted by Crippen LogP contribution is -2.57. The third-order valence-electron chi connectivity index (χ3n) is 11.4. The third-order valence-corrected chi connectivity index (χ3v) is 11.4. The van der Waals surface area contributed by atoms with E-state index in [2.05, 4.69) is 26.8 Å². The smallest absolute Gasteiger partial charge is 0.303 e. The molecular formula is C33H52O6. The van der Waals surface area contributed by atoms with Gasteiger partial charge in [-0.15, -0.1) is 0 Å². The van der Waals surface area contributed by atoms with Crippen LogP contribution in [0.15, 0.2) is 11.6 Å². The van der Waals surface area contributed by atoms with Gasteiger partial charge in [-0.2, -0.15) is 0 Å². The number of ether oxygens (including phenoxy) is 3. The summed E-state index contributed by atoms with van der Waals surface area (Å²) < 4.78 is 17.2. The number of rotatable bonds is 8. The van der Waals surface area contributed by atoms with Crippen LogP contribution in [0.25, 0.3) is 0 Å². The van der Waals surface area contributed by atoms with Gasteiger partial charge < -0.3 is 14.2 Å². The molecule has 4 aliphatic rings. The molecule has 39 heavy (non-hydrogen) atoms. The average Bonchev–Trinajstić information content (AvgIpc) is 3.15. The highest BCUT2D eigenvalue weighted by molar-refractivity contribution is 5.67. The Kier molecular flexibility index (Phi) is 8.65. The van der Waals surface area contributed by atoms with Crippen LogP contribution in [0.4, 0.5) is 0 Å².